The lowest BCUT2D eigenvalue weighted by Gasteiger charge is -2.21. The van der Waals surface area contributed by atoms with Crippen molar-refractivity contribution >= 4 is 17.5 Å². The van der Waals surface area contributed by atoms with Crippen LogP contribution in [0.4, 0.5) is 10.1 Å². The van der Waals surface area contributed by atoms with Crippen molar-refractivity contribution in [1.82, 2.24) is 4.90 Å². The fraction of sp³-hybridized carbons (Fsp3) is 0.300. The molecule has 0 saturated carbocycles. The van der Waals surface area contributed by atoms with E-state index in [1.54, 1.807) is 31.2 Å². The molecule has 1 aliphatic heterocycles. The van der Waals surface area contributed by atoms with Crippen molar-refractivity contribution in [3.8, 4) is 17.2 Å². The number of ether oxygens (including phenoxy) is 3. The van der Waals surface area contributed by atoms with Gasteiger partial charge in [-0.3, -0.25) is 9.59 Å². The zero-order valence-corrected chi connectivity index (χ0v) is 15.4. The van der Waals surface area contributed by atoms with Gasteiger partial charge in [-0.1, -0.05) is 6.07 Å². The maximum atomic E-state index is 13.2. The zero-order chi connectivity index (χ0) is 19.9. The number of carbonyl (C=O) groups excluding carboxylic acids is 2. The van der Waals surface area contributed by atoms with Crippen LogP contribution in [0.5, 0.6) is 17.2 Å². The average Bonchev–Trinajstić information content (AvgIpc) is 2.70. The Balaban J connectivity index is 1.53. The zero-order valence-electron chi connectivity index (χ0n) is 15.4. The second-order valence-electron chi connectivity index (χ2n) is 6.06. The van der Waals surface area contributed by atoms with Gasteiger partial charge in [0.1, 0.15) is 24.8 Å². The van der Waals surface area contributed by atoms with Crippen LogP contribution >= 0.6 is 0 Å². The lowest BCUT2D eigenvalue weighted by atomic mass is 10.2. The third-order valence-corrected chi connectivity index (χ3v) is 4.05. The summed E-state index contributed by atoms with van der Waals surface area (Å²) in [6.45, 7) is 2.63. The summed E-state index contributed by atoms with van der Waals surface area (Å²) in [6.07, 6.45) is 0. The molecule has 0 spiro atoms. The monoisotopic (exact) mass is 388 g/mol. The SMILES string of the molecule is CCN(CC(=O)Nc1ccc2c(c1)OCCO2)C(=O)COc1cccc(F)c1. The van der Waals surface area contributed by atoms with E-state index in [2.05, 4.69) is 5.32 Å². The molecule has 0 aliphatic carbocycles. The van der Waals surface area contributed by atoms with E-state index in [4.69, 9.17) is 14.2 Å². The molecular formula is C20H21FN2O5. The average molecular weight is 388 g/mol. The summed E-state index contributed by atoms with van der Waals surface area (Å²) in [6, 6.07) is 10.6. The number of hydrogen-bond acceptors (Lipinski definition) is 5. The van der Waals surface area contributed by atoms with Crippen LogP contribution in [-0.4, -0.2) is 49.6 Å². The minimum absolute atomic E-state index is 0.129. The number of carbonyl (C=O) groups is 2. The van der Waals surface area contributed by atoms with Crippen molar-refractivity contribution in [2.45, 2.75) is 6.92 Å². The summed E-state index contributed by atoms with van der Waals surface area (Å²) in [5.41, 5.74) is 0.550. The highest BCUT2D eigenvalue weighted by Crippen LogP contribution is 2.32. The van der Waals surface area contributed by atoms with E-state index in [1.165, 1.54) is 23.1 Å². The van der Waals surface area contributed by atoms with Crippen molar-refractivity contribution in [2.24, 2.45) is 0 Å². The molecule has 2 aromatic rings. The third-order valence-electron chi connectivity index (χ3n) is 4.05. The Bertz CT molecular complexity index is 858. The van der Waals surface area contributed by atoms with E-state index in [-0.39, 0.29) is 30.7 Å². The second-order valence-corrected chi connectivity index (χ2v) is 6.06. The van der Waals surface area contributed by atoms with Crippen LogP contribution in [0.2, 0.25) is 0 Å². The van der Waals surface area contributed by atoms with E-state index < -0.39 is 5.82 Å². The Labute approximate surface area is 162 Å². The first-order valence-electron chi connectivity index (χ1n) is 8.91. The van der Waals surface area contributed by atoms with Gasteiger partial charge >= 0.3 is 0 Å². The normalized spacial score (nSPS) is 12.2. The highest BCUT2D eigenvalue weighted by molar-refractivity contribution is 5.95. The Morgan fingerprint density at radius 2 is 1.93 bits per heavy atom. The first-order chi connectivity index (χ1) is 13.5. The van der Waals surface area contributed by atoms with E-state index in [9.17, 15) is 14.0 Å². The fourth-order valence-electron chi connectivity index (χ4n) is 2.66. The topological polar surface area (TPSA) is 77.1 Å². The molecule has 1 heterocycles. The molecule has 0 fully saturated rings. The van der Waals surface area contributed by atoms with Crippen molar-refractivity contribution < 1.29 is 28.2 Å². The molecule has 28 heavy (non-hydrogen) atoms. The molecule has 0 bridgehead atoms. The number of anilines is 1. The fourth-order valence-corrected chi connectivity index (χ4v) is 2.66. The molecule has 1 aliphatic rings. The van der Waals surface area contributed by atoms with Crippen molar-refractivity contribution in [2.75, 3.05) is 38.2 Å². The van der Waals surface area contributed by atoms with Gasteiger partial charge in [0.15, 0.2) is 18.1 Å². The number of halogens is 1. The predicted octanol–water partition coefficient (Wildman–Crippen LogP) is 2.46. The predicted molar refractivity (Wildman–Crippen MR) is 100 cm³/mol. The van der Waals surface area contributed by atoms with Crippen molar-refractivity contribution in [3.05, 3.63) is 48.3 Å². The minimum atomic E-state index is -0.448. The van der Waals surface area contributed by atoms with Gasteiger partial charge in [0.25, 0.3) is 5.91 Å². The number of nitrogens with one attached hydrogen (secondary N) is 1. The summed E-state index contributed by atoms with van der Waals surface area (Å²) in [4.78, 5) is 26.0. The van der Waals surface area contributed by atoms with E-state index in [1.807, 2.05) is 0 Å². The summed E-state index contributed by atoms with van der Waals surface area (Å²) in [7, 11) is 0. The maximum Gasteiger partial charge on any atom is 0.260 e. The molecule has 148 valence electrons. The molecule has 8 heteroatoms. The van der Waals surface area contributed by atoms with Gasteiger partial charge < -0.3 is 24.4 Å². The van der Waals surface area contributed by atoms with Crippen molar-refractivity contribution in [1.29, 1.82) is 0 Å². The molecule has 0 aromatic heterocycles. The van der Waals surface area contributed by atoms with Crippen LogP contribution in [-0.2, 0) is 9.59 Å². The number of rotatable bonds is 7. The summed E-state index contributed by atoms with van der Waals surface area (Å²) < 4.78 is 29.4. The first-order valence-corrected chi connectivity index (χ1v) is 8.91. The van der Waals surface area contributed by atoms with E-state index >= 15 is 0 Å². The molecule has 0 saturated heterocycles. The van der Waals surface area contributed by atoms with Crippen LogP contribution in [0.25, 0.3) is 0 Å². The summed E-state index contributed by atoms with van der Waals surface area (Å²) in [5.74, 6) is 0.281. The molecule has 2 aromatic carbocycles. The number of benzene rings is 2. The van der Waals surface area contributed by atoms with Crippen LogP contribution < -0.4 is 19.5 Å². The molecule has 0 unspecified atom stereocenters. The standard InChI is InChI=1S/C20H21FN2O5/c1-2-23(20(25)13-28-16-5-3-4-14(21)10-16)12-19(24)22-15-6-7-17-18(11-15)27-9-8-26-17/h3-7,10-11H,2,8-9,12-13H2,1H3,(H,22,24). The lowest BCUT2D eigenvalue weighted by molar-refractivity contribution is -0.136. The number of likely N-dealkylation sites (N-methyl/N-ethyl adjacent to an activating group) is 1. The Morgan fingerprint density at radius 1 is 1.14 bits per heavy atom. The van der Waals surface area contributed by atoms with Gasteiger partial charge in [0.2, 0.25) is 5.91 Å². The van der Waals surface area contributed by atoms with Crippen LogP contribution in [0.3, 0.4) is 0 Å². The molecule has 1 N–H and O–H groups in total. The van der Waals surface area contributed by atoms with Gasteiger partial charge in [0, 0.05) is 24.4 Å². The molecule has 0 atom stereocenters. The van der Waals surface area contributed by atoms with Gasteiger partial charge in [-0.15, -0.1) is 0 Å². The quantitative estimate of drug-likeness (QED) is 0.789. The second kappa shape index (κ2) is 9.07. The molecule has 2 amide bonds. The Kier molecular flexibility index (Phi) is 6.31. The highest BCUT2D eigenvalue weighted by atomic mass is 19.1. The lowest BCUT2D eigenvalue weighted by Crippen LogP contribution is -2.40. The van der Waals surface area contributed by atoms with Crippen LogP contribution in [0.1, 0.15) is 6.92 Å². The minimum Gasteiger partial charge on any atom is -0.486 e. The number of hydrogen-bond donors (Lipinski definition) is 1. The van der Waals surface area contributed by atoms with E-state index in [0.29, 0.717) is 36.9 Å². The van der Waals surface area contributed by atoms with Gasteiger partial charge in [-0.25, -0.2) is 4.39 Å². The van der Waals surface area contributed by atoms with Gasteiger partial charge in [0.05, 0.1) is 6.54 Å². The Morgan fingerprint density at radius 3 is 2.68 bits per heavy atom. The summed E-state index contributed by atoms with van der Waals surface area (Å²) >= 11 is 0. The number of nitrogens with zero attached hydrogens (tertiary/aromatic N) is 1. The van der Waals surface area contributed by atoms with Crippen LogP contribution in [0, 0.1) is 5.82 Å². The van der Waals surface area contributed by atoms with Gasteiger partial charge in [-0.05, 0) is 31.2 Å². The highest BCUT2D eigenvalue weighted by Gasteiger charge is 2.18. The van der Waals surface area contributed by atoms with Crippen molar-refractivity contribution in [3.63, 3.8) is 0 Å². The molecular weight excluding hydrogens is 367 g/mol. The van der Waals surface area contributed by atoms with Gasteiger partial charge in [-0.2, -0.15) is 0 Å². The number of amides is 2. The first kappa shape index (κ1) is 19.5. The summed E-state index contributed by atoms with van der Waals surface area (Å²) in [5, 5.41) is 2.73. The third kappa shape index (κ3) is 5.12. The smallest absolute Gasteiger partial charge is 0.260 e. The van der Waals surface area contributed by atoms with E-state index in [0.717, 1.165) is 0 Å². The Hall–Kier alpha value is -3.29. The molecule has 3 rings (SSSR count). The molecule has 0 radical (unpaired) electrons. The largest absolute Gasteiger partial charge is 0.486 e. The molecule has 7 nitrogen and oxygen atoms in total. The maximum absolute atomic E-state index is 13.2. The number of fused-ring (bicyclic) bond motifs is 1. The van der Waals surface area contributed by atoms with Crippen LogP contribution in [0.15, 0.2) is 42.5 Å².